The summed E-state index contributed by atoms with van der Waals surface area (Å²) in [5.74, 6) is 1.98. The highest BCUT2D eigenvalue weighted by molar-refractivity contribution is 8.21. The van der Waals surface area contributed by atoms with Crippen LogP contribution in [0.5, 0.6) is 0 Å². The van der Waals surface area contributed by atoms with Gasteiger partial charge < -0.3 is 5.11 Å². The first-order chi connectivity index (χ1) is 6.63. The average Bonchev–Trinajstić information content (AvgIpc) is 2.43. The summed E-state index contributed by atoms with van der Waals surface area (Å²) >= 11 is 4.22. The molecule has 2 aliphatic carbocycles. The van der Waals surface area contributed by atoms with E-state index in [-0.39, 0.29) is 5.92 Å². The van der Waals surface area contributed by atoms with Crippen LogP contribution < -0.4 is 0 Å². The van der Waals surface area contributed by atoms with Crippen LogP contribution in [0.15, 0.2) is 0 Å². The third-order valence-electron chi connectivity index (χ3n) is 3.81. The Kier molecular flexibility index (Phi) is 1.91. The normalized spacial score (nSPS) is 32.9. The van der Waals surface area contributed by atoms with E-state index in [4.69, 9.17) is 5.11 Å². The summed E-state index contributed by atoms with van der Waals surface area (Å²) in [4.78, 5) is 10.7. The van der Waals surface area contributed by atoms with Crippen LogP contribution in [0.1, 0.15) is 25.7 Å². The fourth-order valence-electron chi connectivity index (χ4n) is 3.24. The summed E-state index contributed by atoms with van der Waals surface area (Å²) in [6.07, 6.45) is 4.45. The molecule has 2 saturated carbocycles. The van der Waals surface area contributed by atoms with Gasteiger partial charge in [0.25, 0.3) is 0 Å². The molecule has 1 aliphatic heterocycles. The number of hydrogen-bond donors (Lipinski definition) is 1. The molecule has 0 aromatic heterocycles. The third kappa shape index (κ3) is 1.23. The van der Waals surface area contributed by atoms with Crippen LogP contribution in [-0.2, 0) is 4.79 Å². The minimum absolute atomic E-state index is 0.0243. The van der Waals surface area contributed by atoms with Gasteiger partial charge in [0, 0.05) is 11.5 Å². The highest BCUT2D eigenvalue weighted by Crippen LogP contribution is 2.71. The molecule has 4 heteroatoms. The van der Waals surface area contributed by atoms with Gasteiger partial charge in [0.1, 0.15) is 0 Å². The second-order valence-corrected chi connectivity index (χ2v) is 8.12. The van der Waals surface area contributed by atoms with Crippen molar-refractivity contribution in [3.8, 4) is 0 Å². The monoisotopic (exact) mass is 230 g/mol. The lowest BCUT2D eigenvalue weighted by Gasteiger charge is -2.61. The Morgan fingerprint density at radius 2 is 1.79 bits per heavy atom. The first-order valence-corrected chi connectivity index (χ1v) is 7.11. The Hall–Kier alpha value is 0.170. The Morgan fingerprint density at radius 3 is 2.29 bits per heavy atom. The fraction of sp³-hybridized carbons (Fsp3) is 0.900. The van der Waals surface area contributed by atoms with E-state index in [2.05, 4.69) is 23.5 Å². The van der Waals surface area contributed by atoms with Crippen molar-refractivity contribution in [2.45, 2.75) is 29.8 Å². The molecule has 0 atom stereocenters. The van der Waals surface area contributed by atoms with E-state index in [9.17, 15) is 4.79 Å². The highest BCUT2D eigenvalue weighted by atomic mass is 32.2. The molecule has 1 saturated heterocycles. The van der Waals surface area contributed by atoms with Crippen molar-refractivity contribution in [1.82, 2.24) is 0 Å². The lowest BCUT2D eigenvalue weighted by Crippen LogP contribution is -2.55. The number of carboxylic acid groups (broad SMARTS) is 1. The average molecular weight is 230 g/mol. The molecule has 78 valence electrons. The minimum atomic E-state index is -0.580. The zero-order valence-electron chi connectivity index (χ0n) is 7.99. The van der Waals surface area contributed by atoms with Gasteiger partial charge in [-0.25, -0.2) is 0 Å². The summed E-state index contributed by atoms with van der Waals surface area (Å²) < 4.78 is 0.517. The van der Waals surface area contributed by atoms with E-state index in [0.717, 1.165) is 12.8 Å². The number of thioether (sulfide) groups is 2. The zero-order valence-corrected chi connectivity index (χ0v) is 9.62. The predicted molar refractivity (Wildman–Crippen MR) is 59.7 cm³/mol. The molecule has 0 aromatic carbocycles. The van der Waals surface area contributed by atoms with Crippen molar-refractivity contribution in [2.24, 2.45) is 11.3 Å². The lowest BCUT2D eigenvalue weighted by molar-refractivity contribution is -0.154. The van der Waals surface area contributed by atoms with Crippen LogP contribution in [-0.4, -0.2) is 26.7 Å². The van der Waals surface area contributed by atoms with Crippen LogP contribution in [0.4, 0.5) is 0 Å². The third-order valence-corrected chi connectivity index (χ3v) is 7.22. The molecule has 1 heterocycles. The van der Waals surface area contributed by atoms with Crippen molar-refractivity contribution >= 4 is 29.5 Å². The van der Waals surface area contributed by atoms with Crippen molar-refractivity contribution in [3.05, 3.63) is 0 Å². The maximum Gasteiger partial charge on any atom is 0.306 e. The zero-order chi connectivity index (χ0) is 9.81. The Balaban J connectivity index is 1.58. The van der Waals surface area contributed by atoms with Gasteiger partial charge in [-0.2, -0.15) is 0 Å². The SMILES string of the molecule is O=C(O)C1CC2(C1)CC1(C2)SCCS1. The van der Waals surface area contributed by atoms with Gasteiger partial charge in [0.2, 0.25) is 0 Å². The molecular weight excluding hydrogens is 216 g/mol. The summed E-state index contributed by atoms with van der Waals surface area (Å²) in [7, 11) is 0. The molecule has 0 unspecified atom stereocenters. The quantitative estimate of drug-likeness (QED) is 0.750. The smallest absolute Gasteiger partial charge is 0.306 e. The van der Waals surface area contributed by atoms with Crippen molar-refractivity contribution in [2.75, 3.05) is 11.5 Å². The number of carbonyl (C=O) groups is 1. The largest absolute Gasteiger partial charge is 0.481 e. The first kappa shape index (κ1) is 9.40. The molecular formula is C10H14O2S2. The number of hydrogen-bond acceptors (Lipinski definition) is 3. The molecule has 0 bridgehead atoms. The number of aliphatic carboxylic acids is 1. The van der Waals surface area contributed by atoms with E-state index in [1.165, 1.54) is 24.3 Å². The van der Waals surface area contributed by atoms with Crippen molar-refractivity contribution in [3.63, 3.8) is 0 Å². The summed E-state index contributed by atoms with van der Waals surface area (Å²) in [5.41, 5.74) is 0.452. The lowest BCUT2D eigenvalue weighted by atomic mass is 9.51. The molecule has 3 rings (SSSR count). The van der Waals surface area contributed by atoms with Gasteiger partial charge in [-0.3, -0.25) is 4.79 Å². The Morgan fingerprint density at radius 1 is 1.21 bits per heavy atom. The summed E-state index contributed by atoms with van der Waals surface area (Å²) in [6.45, 7) is 0. The van der Waals surface area contributed by atoms with Crippen LogP contribution in [0.3, 0.4) is 0 Å². The van der Waals surface area contributed by atoms with Crippen LogP contribution in [0.2, 0.25) is 0 Å². The molecule has 0 radical (unpaired) electrons. The maximum atomic E-state index is 10.7. The molecule has 3 fully saturated rings. The van der Waals surface area contributed by atoms with Crippen molar-refractivity contribution in [1.29, 1.82) is 0 Å². The Labute approximate surface area is 92.2 Å². The number of rotatable bonds is 1. The van der Waals surface area contributed by atoms with E-state index < -0.39 is 5.97 Å². The summed E-state index contributed by atoms with van der Waals surface area (Å²) in [6, 6.07) is 0. The van der Waals surface area contributed by atoms with Gasteiger partial charge >= 0.3 is 5.97 Å². The van der Waals surface area contributed by atoms with Gasteiger partial charge in [-0.05, 0) is 31.1 Å². The minimum Gasteiger partial charge on any atom is -0.481 e. The molecule has 3 aliphatic rings. The second-order valence-electron chi connectivity index (χ2n) is 4.90. The summed E-state index contributed by atoms with van der Waals surface area (Å²) in [5, 5.41) is 8.83. The Bertz CT molecular complexity index is 268. The molecule has 14 heavy (non-hydrogen) atoms. The highest BCUT2D eigenvalue weighted by Gasteiger charge is 2.62. The van der Waals surface area contributed by atoms with E-state index in [0.29, 0.717) is 9.49 Å². The van der Waals surface area contributed by atoms with Gasteiger partial charge in [-0.15, -0.1) is 23.5 Å². The van der Waals surface area contributed by atoms with Crippen molar-refractivity contribution < 1.29 is 9.90 Å². The van der Waals surface area contributed by atoms with Gasteiger partial charge in [0.05, 0.1) is 10.00 Å². The molecule has 1 N–H and O–H groups in total. The van der Waals surface area contributed by atoms with Crippen LogP contribution in [0.25, 0.3) is 0 Å². The maximum absolute atomic E-state index is 10.7. The molecule has 0 aromatic rings. The second kappa shape index (κ2) is 2.85. The molecule has 2 nitrogen and oxygen atoms in total. The van der Waals surface area contributed by atoms with E-state index >= 15 is 0 Å². The standard InChI is InChI=1S/C10H14O2S2/c11-8(12)7-3-9(4-7)5-10(6-9)13-1-2-14-10/h7H,1-6H2,(H,11,12). The first-order valence-electron chi connectivity index (χ1n) is 5.14. The van der Waals surface area contributed by atoms with Crippen LogP contribution >= 0.6 is 23.5 Å². The van der Waals surface area contributed by atoms with E-state index in [1.807, 2.05) is 0 Å². The topological polar surface area (TPSA) is 37.3 Å². The van der Waals surface area contributed by atoms with E-state index in [1.54, 1.807) is 0 Å². The molecule has 2 spiro atoms. The number of carboxylic acids is 1. The fourth-order valence-corrected chi connectivity index (χ4v) is 7.12. The van der Waals surface area contributed by atoms with Crippen LogP contribution in [0, 0.1) is 11.3 Å². The molecule has 0 amide bonds. The van der Waals surface area contributed by atoms with Gasteiger partial charge in [0.15, 0.2) is 0 Å². The van der Waals surface area contributed by atoms with Gasteiger partial charge in [-0.1, -0.05) is 0 Å². The predicted octanol–water partition coefficient (Wildman–Crippen LogP) is 2.44.